The van der Waals surface area contributed by atoms with Crippen molar-refractivity contribution in [2.75, 3.05) is 43.9 Å². The third-order valence-corrected chi connectivity index (χ3v) is 4.83. The Labute approximate surface area is 165 Å². The molecule has 0 radical (unpaired) electrons. The second-order valence-electron chi connectivity index (χ2n) is 6.84. The van der Waals surface area contributed by atoms with Crippen molar-refractivity contribution in [3.05, 3.63) is 54.9 Å². The first-order valence-corrected chi connectivity index (χ1v) is 9.61. The first-order chi connectivity index (χ1) is 13.8. The van der Waals surface area contributed by atoms with E-state index in [2.05, 4.69) is 48.7 Å². The normalized spacial score (nSPS) is 14.3. The van der Waals surface area contributed by atoms with Crippen LogP contribution in [-0.2, 0) is 0 Å². The molecule has 0 bridgehead atoms. The van der Waals surface area contributed by atoms with E-state index in [1.807, 2.05) is 24.3 Å². The molecule has 7 heteroatoms. The highest BCUT2D eigenvalue weighted by Crippen LogP contribution is 2.29. The van der Waals surface area contributed by atoms with E-state index in [9.17, 15) is 0 Å². The van der Waals surface area contributed by atoms with Crippen LogP contribution in [0.3, 0.4) is 0 Å². The molecular weight excluding hydrogens is 350 g/mol. The molecule has 0 saturated carbocycles. The average molecular weight is 375 g/mol. The highest BCUT2D eigenvalue weighted by Gasteiger charge is 2.12. The number of hydrogen-bond acceptors (Lipinski definition) is 7. The number of hydrogen-bond donors (Lipinski definition) is 3. The molecule has 3 aromatic rings. The lowest BCUT2D eigenvalue weighted by atomic mass is 10.0. The van der Waals surface area contributed by atoms with Gasteiger partial charge in [-0.2, -0.15) is 4.98 Å². The molecule has 0 spiro atoms. The first-order valence-electron chi connectivity index (χ1n) is 9.61. The van der Waals surface area contributed by atoms with Crippen LogP contribution < -0.4 is 16.4 Å². The van der Waals surface area contributed by atoms with Crippen LogP contribution in [0.1, 0.15) is 6.42 Å². The highest BCUT2D eigenvalue weighted by atomic mass is 15.3. The molecule has 1 aliphatic heterocycles. The van der Waals surface area contributed by atoms with Gasteiger partial charge in [0.2, 0.25) is 5.95 Å². The average Bonchev–Trinajstić information content (AvgIpc) is 3.26. The van der Waals surface area contributed by atoms with Gasteiger partial charge >= 0.3 is 0 Å². The molecule has 0 unspecified atom stereocenters. The highest BCUT2D eigenvalue weighted by molar-refractivity contribution is 5.78. The fraction of sp³-hybridized carbons (Fsp3) is 0.286. The summed E-state index contributed by atoms with van der Waals surface area (Å²) in [5.41, 5.74) is 9.81. The van der Waals surface area contributed by atoms with Gasteiger partial charge in [0, 0.05) is 56.4 Å². The van der Waals surface area contributed by atoms with Gasteiger partial charge in [-0.05, 0) is 30.2 Å². The minimum absolute atomic E-state index is 0.274. The van der Waals surface area contributed by atoms with Crippen LogP contribution in [-0.4, -0.2) is 52.7 Å². The second kappa shape index (κ2) is 8.77. The molecule has 4 N–H and O–H groups in total. The predicted octanol–water partition coefficient (Wildman–Crippen LogP) is 2.45. The minimum atomic E-state index is 0.274. The van der Waals surface area contributed by atoms with E-state index in [1.165, 1.54) is 0 Å². The molecule has 144 valence electrons. The number of pyridine rings is 1. The number of nitrogens with one attached hydrogen (secondary N) is 2. The van der Waals surface area contributed by atoms with Crippen LogP contribution in [0.5, 0.6) is 0 Å². The molecular formula is C21H25N7. The van der Waals surface area contributed by atoms with Gasteiger partial charge in [-0.3, -0.25) is 9.88 Å². The van der Waals surface area contributed by atoms with Gasteiger partial charge in [0.15, 0.2) is 0 Å². The lowest BCUT2D eigenvalue weighted by Gasteiger charge is -2.15. The molecule has 1 aromatic carbocycles. The number of nitrogens with zero attached hydrogens (tertiary/aromatic N) is 4. The maximum absolute atomic E-state index is 5.84. The number of nitrogens with two attached hydrogens (primary N) is 1. The molecule has 3 heterocycles. The third kappa shape index (κ3) is 4.44. The molecule has 0 aliphatic carbocycles. The third-order valence-electron chi connectivity index (χ3n) is 4.83. The summed E-state index contributed by atoms with van der Waals surface area (Å²) in [6, 6.07) is 14.2. The Morgan fingerprint density at radius 2 is 2.04 bits per heavy atom. The van der Waals surface area contributed by atoms with E-state index in [1.54, 1.807) is 12.4 Å². The van der Waals surface area contributed by atoms with E-state index in [0.717, 1.165) is 67.5 Å². The quantitative estimate of drug-likeness (QED) is 0.546. The summed E-state index contributed by atoms with van der Waals surface area (Å²) >= 11 is 0. The molecule has 0 amide bonds. The van der Waals surface area contributed by atoms with Crippen molar-refractivity contribution in [1.82, 2.24) is 25.2 Å². The second-order valence-corrected chi connectivity index (χ2v) is 6.84. The Kier molecular flexibility index (Phi) is 5.75. The van der Waals surface area contributed by atoms with Crippen LogP contribution in [0.25, 0.3) is 22.4 Å². The largest absolute Gasteiger partial charge is 0.369 e. The molecule has 1 fully saturated rings. The van der Waals surface area contributed by atoms with E-state index in [-0.39, 0.29) is 5.95 Å². The summed E-state index contributed by atoms with van der Waals surface area (Å²) < 4.78 is 0. The fourth-order valence-electron chi connectivity index (χ4n) is 3.37. The number of benzene rings is 1. The van der Waals surface area contributed by atoms with Crippen molar-refractivity contribution in [1.29, 1.82) is 0 Å². The Morgan fingerprint density at radius 1 is 1.11 bits per heavy atom. The SMILES string of the molecule is Nc1ncc(-c2cccc(-c3ccccn3)c2)c(NCCCN2CCNC2)n1. The number of anilines is 2. The van der Waals surface area contributed by atoms with Gasteiger partial charge in [-0.1, -0.05) is 24.3 Å². The molecule has 4 rings (SSSR count). The smallest absolute Gasteiger partial charge is 0.221 e. The maximum atomic E-state index is 5.84. The Bertz CT molecular complexity index is 908. The monoisotopic (exact) mass is 375 g/mol. The molecule has 0 atom stereocenters. The molecule has 1 saturated heterocycles. The molecule has 7 nitrogen and oxygen atoms in total. The van der Waals surface area contributed by atoms with Gasteiger partial charge in [-0.15, -0.1) is 0 Å². The fourth-order valence-corrected chi connectivity index (χ4v) is 3.37. The van der Waals surface area contributed by atoms with Crippen LogP contribution in [0.2, 0.25) is 0 Å². The van der Waals surface area contributed by atoms with Gasteiger partial charge in [0.1, 0.15) is 5.82 Å². The Hall–Kier alpha value is -3.03. The lowest BCUT2D eigenvalue weighted by Crippen LogP contribution is -2.24. The Morgan fingerprint density at radius 3 is 2.86 bits per heavy atom. The summed E-state index contributed by atoms with van der Waals surface area (Å²) in [5, 5.41) is 6.79. The zero-order valence-electron chi connectivity index (χ0n) is 15.8. The van der Waals surface area contributed by atoms with E-state index < -0.39 is 0 Å². The van der Waals surface area contributed by atoms with Crippen LogP contribution >= 0.6 is 0 Å². The van der Waals surface area contributed by atoms with Gasteiger partial charge < -0.3 is 16.4 Å². The molecule has 2 aromatic heterocycles. The van der Waals surface area contributed by atoms with Crippen molar-refractivity contribution in [2.24, 2.45) is 0 Å². The molecule has 28 heavy (non-hydrogen) atoms. The van der Waals surface area contributed by atoms with E-state index in [0.29, 0.717) is 0 Å². The van der Waals surface area contributed by atoms with Crippen molar-refractivity contribution >= 4 is 11.8 Å². The van der Waals surface area contributed by atoms with Gasteiger partial charge in [0.05, 0.1) is 5.69 Å². The van der Waals surface area contributed by atoms with E-state index in [4.69, 9.17) is 5.73 Å². The molecule has 1 aliphatic rings. The predicted molar refractivity (Wildman–Crippen MR) is 113 cm³/mol. The zero-order valence-corrected chi connectivity index (χ0v) is 15.8. The van der Waals surface area contributed by atoms with Crippen molar-refractivity contribution in [3.8, 4) is 22.4 Å². The standard InChI is InChI=1S/C21H25N7/c22-21-26-14-18(20(27-21)25-9-4-11-28-12-10-23-15-28)16-5-3-6-17(13-16)19-7-1-2-8-24-19/h1-3,5-8,13-14,23H,4,9-12,15H2,(H3,22,25,26,27). The summed E-state index contributed by atoms with van der Waals surface area (Å²) in [6.45, 7) is 5.07. The van der Waals surface area contributed by atoms with E-state index >= 15 is 0 Å². The van der Waals surface area contributed by atoms with Crippen LogP contribution in [0.4, 0.5) is 11.8 Å². The summed E-state index contributed by atoms with van der Waals surface area (Å²) in [6.07, 6.45) is 4.63. The lowest BCUT2D eigenvalue weighted by molar-refractivity contribution is 0.333. The summed E-state index contributed by atoms with van der Waals surface area (Å²) in [4.78, 5) is 15.5. The van der Waals surface area contributed by atoms with Crippen LogP contribution in [0.15, 0.2) is 54.9 Å². The van der Waals surface area contributed by atoms with Gasteiger partial charge in [-0.25, -0.2) is 4.98 Å². The number of nitrogen functional groups attached to an aromatic ring is 1. The first kappa shape index (κ1) is 18.3. The number of aromatic nitrogens is 3. The van der Waals surface area contributed by atoms with Crippen molar-refractivity contribution in [2.45, 2.75) is 6.42 Å². The van der Waals surface area contributed by atoms with Crippen LogP contribution in [0, 0.1) is 0 Å². The topological polar surface area (TPSA) is 92.0 Å². The Balaban J connectivity index is 1.51. The number of rotatable bonds is 7. The maximum Gasteiger partial charge on any atom is 0.221 e. The van der Waals surface area contributed by atoms with Gasteiger partial charge in [0.25, 0.3) is 0 Å². The summed E-state index contributed by atoms with van der Waals surface area (Å²) in [7, 11) is 0. The van der Waals surface area contributed by atoms with Crippen molar-refractivity contribution in [3.63, 3.8) is 0 Å². The summed E-state index contributed by atoms with van der Waals surface area (Å²) in [5.74, 6) is 1.04. The zero-order chi connectivity index (χ0) is 19.2. The minimum Gasteiger partial charge on any atom is -0.369 e. The van der Waals surface area contributed by atoms with Crippen molar-refractivity contribution < 1.29 is 0 Å².